The van der Waals surface area contributed by atoms with Crippen LogP contribution < -0.4 is 0 Å². The van der Waals surface area contributed by atoms with Crippen LogP contribution in [0.3, 0.4) is 0 Å². The molecule has 0 radical (unpaired) electrons. The van der Waals surface area contributed by atoms with Crippen molar-refractivity contribution in [2.75, 3.05) is 13.2 Å². The van der Waals surface area contributed by atoms with Crippen LogP contribution in [0.1, 0.15) is 44.0 Å². The first kappa shape index (κ1) is 20.5. The van der Waals surface area contributed by atoms with Gasteiger partial charge >= 0.3 is 0 Å². The van der Waals surface area contributed by atoms with Crippen molar-refractivity contribution in [2.45, 2.75) is 69.1 Å². The van der Waals surface area contributed by atoms with Crippen LogP contribution in [0.2, 0.25) is 0 Å². The lowest BCUT2D eigenvalue weighted by atomic mass is 9.98. The van der Waals surface area contributed by atoms with Crippen LogP contribution in [-0.2, 0) is 18.9 Å². The third kappa shape index (κ3) is 5.38. The van der Waals surface area contributed by atoms with Crippen molar-refractivity contribution in [3.8, 4) is 0 Å². The fraction of sp³-hybridized carbons (Fsp3) is 0.619. The summed E-state index contributed by atoms with van der Waals surface area (Å²) in [6.07, 6.45) is 2.34. The quantitative estimate of drug-likeness (QED) is 0.508. The molecule has 2 heterocycles. The van der Waals surface area contributed by atoms with Gasteiger partial charge in [-0.05, 0) is 19.3 Å². The summed E-state index contributed by atoms with van der Waals surface area (Å²) in [7, 11) is 0. The molecule has 0 aromatic heterocycles. The Morgan fingerprint density at radius 2 is 1.81 bits per heavy atom. The van der Waals surface area contributed by atoms with E-state index in [1.807, 2.05) is 36.4 Å². The Morgan fingerprint density at radius 3 is 2.59 bits per heavy atom. The minimum absolute atomic E-state index is 0.273. The molecule has 2 aliphatic heterocycles. The number of allylic oxidation sites excluding steroid dienone is 1. The van der Waals surface area contributed by atoms with E-state index in [2.05, 4.69) is 6.58 Å². The average molecular weight is 378 g/mol. The molecule has 3 unspecified atom stereocenters. The van der Waals surface area contributed by atoms with Gasteiger partial charge in [-0.25, -0.2) is 0 Å². The van der Waals surface area contributed by atoms with Gasteiger partial charge in [0.05, 0.1) is 6.61 Å². The van der Waals surface area contributed by atoms with Gasteiger partial charge in [-0.15, -0.1) is 6.58 Å². The van der Waals surface area contributed by atoms with Crippen LogP contribution in [-0.4, -0.2) is 54.1 Å². The van der Waals surface area contributed by atoms with Crippen molar-refractivity contribution in [3.63, 3.8) is 0 Å². The van der Waals surface area contributed by atoms with Gasteiger partial charge in [0.25, 0.3) is 0 Å². The monoisotopic (exact) mass is 378 g/mol. The van der Waals surface area contributed by atoms with Crippen molar-refractivity contribution in [2.24, 2.45) is 0 Å². The molecule has 6 nitrogen and oxygen atoms in total. The second-order valence-electron chi connectivity index (χ2n) is 7.06. The number of hydrogen-bond donors (Lipinski definition) is 2. The Hall–Kier alpha value is -1.28. The van der Waals surface area contributed by atoms with Crippen LogP contribution in [0.5, 0.6) is 0 Å². The first-order chi connectivity index (χ1) is 13.2. The molecule has 0 amide bonds. The first-order valence-corrected chi connectivity index (χ1v) is 9.77. The second-order valence-corrected chi connectivity index (χ2v) is 7.06. The van der Waals surface area contributed by atoms with E-state index in [4.69, 9.17) is 18.9 Å². The van der Waals surface area contributed by atoms with Gasteiger partial charge in [0, 0.05) is 12.2 Å². The number of rotatable bonds is 9. The highest BCUT2D eigenvalue weighted by molar-refractivity contribution is 5.16. The highest BCUT2D eigenvalue weighted by Gasteiger charge is 2.49. The molecule has 2 aliphatic rings. The van der Waals surface area contributed by atoms with Crippen LogP contribution in [0.25, 0.3) is 0 Å². The average Bonchev–Trinajstić information content (AvgIpc) is 2.71. The van der Waals surface area contributed by atoms with Crippen molar-refractivity contribution in [1.82, 2.24) is 0 Å². The molecular formula is C21H30O6. The molecule has 6 atom stereocenters. The summed E-state index contributed by atoms with van der Waals surface area (Å²) >= 11 is 0. The van der Waals surface area contributed by atoms with E-state index < -0.39 is 37.0 Å². The zero-order valence-electron chi connectivity index (χ0n) is 15.6. The Bertz CT molecular complexity index is 563. The molecule has 2 N–H and O–H groups in total. The van der Waals surface area contributed by atoms with E-state index in [9.17, 15) is 10.2 Å². The molecule has 0 aliphatic carbocycles. The molecule has 150 valence electrons. The van der Waals surface area contributed by atoms with Crippen molar-refractivity contribution >= 4 is 0 Å². The molecule has 2 saturated heterocycles. The number of aliphatic hydroxyl groups is 2. The van der Waals surface area contributed by atoms with Crippen molar-refractivity contribution in [3.05, 3.63) is 48.6 Å². The third-order valence-electron chi connectivity index (χ3n) is 4.99. The largest absolute Gasteiger partial charge is 0.387 e. The van der Waals surface area contributed by atoms with Gasteiger partial charge in [0.2, 0.25) is 0 Å². The van der Waals surface area contributed by atoms with E-state index in [-0.39, 0.29) is 6.61 Å². The van der Waals surface area contributed by atoms with Gasteiger partial charge in [-0.3, -0.25) is 0 Å². The van der Waals surface area contributed by atoms with Crippen LogP contribution in [0, 0.1) is 0 Å². The molecule has 27 heavy (non-hydrogen) atoms. The summed E-state index contributed by atoms with van der Waals surface area (Å²) < 4.78 is 23.1. The van der Waals surface area contributed by atoms with E-state index in [1.54, 1.807) is 0 Å². The number of hydrogen-bond acceptors (Lipinski definition) is 6. The SMILES string of the molecule is C=CCCCCCCO[C@@H]1OC2COC(c3ccccc3)O[C@@H]2C(O)[C@@H]1O. The highest BCUT2D eigenvalue weighted by Crippen LogP contribution is 2.34. The van der Waals surface area contributed by atoms with E-state index in [1.165, 1.54) is 0 Å². The molecule has 6 heteroatoms. The number of ether oxygens (including phenoxy) is 4. The molecule has 3 rings (SSSR count). The summed E-state index contributed by atoms with van der Waals surface area (Å²) in [5.41, 5.74) is 0.868. The topological polar surface area (TPSA) is 77.4 Å². The smallest absolute Gasteiger partial charge is 0.186 e. The fourth-order valence-electron chi connectivity index (χ4n) is 3.44. The number of fused-ring (bicyclic) bond motifs is 1. The lowest BCUT2D eigenvalue weighted by Crippen LogP contribution is -2.62. The summed E-state index contributed by atoms with van der Waals surface area (Å²) in [5.74, 6) is 0. The van der Waals surface area contributed by atoms with Crippen LogP contribution in [0.15, 0.2) is 43.0 Å². The van der Waals surface area contributed by atoms with Gasteiger partial charge in [0.1, 0.15) is 24.4 Å². The molecule has 1 aromatic carbocycles. The Morgan fingerprint density at radius 1 is 1.04 bits per heavy atom. The summed E-state index contributed by atoms with van der Waals surface area (Å²) in [4.78, 5) is 0. The molecule has 1 aromatic rings. The first-order valence-electron chi connectivity index (χ1n) is 9.77. The molecule has 0 bridgehead atoms. The van der Waals surface area contributed by atoms with E-state index in [0.717, 1.165) is 37.7 Å². The van der Waals surface area contributed by atoms with E-state index >= 15 is 0 Å². The maximum atomic E-state index is 10.5. The van der Waals surface area contributed by atoms with Gasteiger partial charge in [-0.2, -0.15) is 0 Å². The van der Waals surface area contributed by atoms with Crippen LogP contribution >= 0.6 is 0 Å². The van der Waals surface area contributed by atoms with Crippen LogP contribution in [0.4, 0.5) is 0 Å². The Balaban J connectivity index is 1.46. The standard InChI is InChI=1S/C21H30O6/c1-2-3-4-5-6-10-13-24-21-18(23)17(22)19-16(26-21)14-25-20(27-19)15-11-8-7-9-12-15/h2,7-9,11-12,16-23H,1,3-6,10,13-14H2/t16?,17?,18-,19-,20?,21+/m0/s1. The van der Waals surface area contributed by atoms with E-state index in [0.29, 0.717) is 6.61 Å². The maximum absolute atomic E-state index is 10.5. The lowest BCUT2D eigenvalue weighted by Gasteiger charge is -2.46. The Labute approximate surface area is 160 Å². The normalized spacial score (nSPS) is 33.4. The number of unbranched alkanes of at least 4 members (excludes halogenated alkanes) is 4. The summed E-state index contributed by atoms with van der Waals surface area (Å²) in [6.45, 7) is 4.47. The van der Waals surface area contributed by atoms with Gasteiger partial charge in [0.15, 0.2) is 12.6 Å². The number of benzene rings is 1. The summed E-state index contributed by atoms with van der Waals surface area (Å²) in [6, 6.07) is 9.52. The molecular weight excluding hydrogens is 348 g/mol. The number of aliphatic hydroxyl groups excluding tert-OH is 2. The van der Waals surface area contributed by atoms with Crippen molar-refractivity contribution in [1.29, 1.82) is 0 Å². The predicted molar refractivity (Wildman–Crippen MR) is 99.9 cm³/mol. The minimum atomic E-state index is -1.15. The maximum Gasteiger partial charge on any atom is 0.186 e. The third-order valence-corrected chi connectivity index (χ3v) is 4.99. The lowest BCUT2D eigenvalue weighted by molar-refractivity contribution is -0.361. The predicted octanol–water partition coefficient (Wildman–Crippen LogP) is 2.70. The summed E-state index contributed by atoms with van der Waals surface area (Å²) in [5, 5.41) is 20.9. The zero-order chi connectivity index (χ0) is 19.1. The minimum Gasteiger partial charge on any atom is -0.387 e. The van der Waals surface area contributed by atoms with Gasteiger partial charge in [-0.1, -0.05) is 49.2 Å². The highest BCUT2D eigenvalue weighted by atomic mass is 16.8. The Kier molecular flexibility index (Phi) is 7.81. The molecule has 2 fully saturated rings. The second kappa shape index (κ2) is 10.3. The van der Waals surface area contributed by atoms with Crippen molar-refractivity contribution < 1.29 is 29.2 Å². The van der Waals surface area contributed by atoms with Gasteiger partial charge < -0.3 is 29.2 Å². The zero-order valence-corrected chi connectivity index (χ0v) is 15.6. The molecule has 0 spiro atoms. The fourth-order valence-corrected chi connectivity index (χ4v) is 3.44. The molecule has 0 saturated carbocycles.